The molecular weight excluding hydrogens is 347 g/mol. The van der Waals surface area contributed by atoms with Crippen LogP contribution in [0, 0.1) is 5.92 Å². The van der Waals surface area contributed by atoms with Gasteiger partial charge < -0.3 is 4.90 Å². The Morgan fingerprint density at radius 3 is 2.59 bits per heavy atom. The van der Waals surface area contributed by atoms with Crippen LogP contribution in [0.1, 0.15) is 32.1 Å². The largest absolute Gasteiger partial charge is 0.341 e. The van der Waals surface area contributed by atoms with Crippen LogP contribution in [0.2, 0.25) is 0 Å². The first-order valence-electron chi connectivity index (χ1n) is 7.54. The van der Waals surface area contributed by atoms with E-state index in [0.29, 0.717) is 19.5 Å². The van der Waals surface area contributed by atoms with Crippen molar-refractivity contribution in [1.82, 2.24) is 9.62 Å². The van der Waals surface area contributed by atoms with E-state index in [9.17, 15) is 13.2 Å². The van der Waals surface area contributed by atoms with Crippen molar-refractivity contribution in [3.05, 3.63) is 12.0 Å². The minimum Gasteiger partial charge on any atom is -0.341 e. The van der Waals surface area contributed by atoms with Crippen molar-refractivity contribution in [2.45, 2.75) is 48.9 Å². The van der Waals surface area contributed by atoms with Crippen LogP contribution in [0.5, 0.6) is 0 Å². The third-order valence-corrected chi connectivity index (χ3v) is 6.56. The molecule has 3 unspecified atom stereocenters. The minimum absolute atomic E-state index is 0.0664. The van der Waals surface area contributed by atoms with E-state index < -0.39 is 10.0 Å². The van der Waals surface area contributed by atoms with Gasteiger partial charge in [-0.3, -0.25) is 4.79 Å². The average Bonchev–Trinajstić information content (AvgIpc) is 2.49. The molecular formula is C14H22Cl2N2O3S. The van der Waals surface area contributed by atoms with Crippen LogP contribution in [0.4, 0.5) is 0 Å². The van der Waals surface area contributed by atoms with E-state index in [1.165, 1.54) is 0 Å². The molecule has 8 heteroatoms. The number of sulfonamides is 1. The summed E-state index contributed by atoms with van der Waals surface area (Å²) in [4.78, 5) is 14.4. The Hall–Kier alpha value is -0.300. The lowest BCUT2D eigenvalue weighted by Gasteiger charge is -2.37. The van der Waals surface area contributed by atoms with Gasteiger partial charge in [-0.1, -0.05) is 6.58 Å². The molecule has 1 saturated carbocycles. The van der Waals surface area contributed by atoms with Gasteiger partial charge in [0.2, 0.25) is 15.9 Å². The van der Waals surface area contributed by atoms with Crippen LogP contribution in [-0.4, -0.2) is 49.1 Å². The van der Waals surface area contributed by atoms with Crippen LogP contribution >= 0.6 is 23.2 Å². The summed E-state index contributed by atoms with van der Waals surface area (Å²) in [7, 11) is -3.47. The molecule has 1 N–H and O–H groups in total. The number of carbonyl (C=O) groups is 1. The summed E-state index contributed by atoms with van der Waals surface area (Å²) in [5.41, 5.74) is 0. The third-order valence-electron chi connectivity index (χ3n) is 4.33. The maximum absolute atomic E-state index is 12.6. The van der Waals surface area contributed by atoms with Gasteiger partial charge in [0.05, 0.1) is 5.38 Å². The second-order valence-electron chi connectivity index (χ2n) is 5.99. The molecule has 1 saturated heterocycles. The van der Waals surface area contributed by atoms with Crippen molar-refractivity contribution in [1.29, 1.82) is 0 Å². The van der Waals surface area contributed by atoms with E-state index in [1.54, 1.807) is 4.90 Å². The Balaban J connectivity index is 1.94. The average molecular weight is 369 g/mol. The Morgan fingerprint density at radius 1 is 1.23 bits per heavy atom. The van der Waals surface area contributed by atoms with Crippen LogP contribution in [0.15, 0.2) is 12.0 Å². The zero-order chi connectivity index (χ0) is 16.3. The lowest BCUT2D eigenvalue weighted by atomic mass is 9.87. The molecule has 1 amide bonds. The molecule has 0 aromatic rings. The number of hydrogen-bond acceptors (Lipinski definition) is 3. The quantitative estimate of drug-likeness (QED) is 0.772. The fourth-order valence-electron chi connectivity index (χ4n) is 3.11. The number of alkyl halides is 2. The summed E-state index contributed by atoms with van der Waals surface area (Å²) in [5.74, 6) is -0.0380. The molecule has 2 fully saturated rings. The molecule has 2 aliphatic rings. The number of piperidine rings is 1. The number of halogens is 2. The first kappa shape index (κ1) is 18.0. The highest BCUT2D eigenvalue weighted by molar-refractivity contribution is 7.92. The molecule has 1 aliphatic carbocycles. The molecule has 0 aromatic heterocycles. The molecule has 126 valence electrons. The zero-order valence-corrected chi connectivity index (χ0v) is 14.7. The Morgan fingerprint density at radius 2 is 1.95 bits per heavy atom. The summed E-state index contributed by atoms with van der Waals surface area (Å²) in [6.45, 7) is 4.35. The van der Waals surface area contributed by atoms with E-state index in [4.69, 9.17) is 23.2 Å². The van der Waals surface area contributed by atoms with Gasteiger partial charge in [0.1, 0.15) is 0 Å². The van der Waals surface area contributed by atoms with Gasteiger partial charge in [-0.05, 0) is 32.1 Å². The second-order valence-corrected chi connectivity index (χ2v) is 8.78. The molecule has 0 spiro atoms. The topological polar surface area (TPSA) is 66.5 Å². The van der Waals surface area contributed by atoms with Gasteiger partial charge >= 0.3 is 0 Å². The lowest BCUT2D eigenvalue weighted by Crippen LogP contribution is -2.51. The van der Waals surface area contributed by atoms with Crippen molar-refractivity contribution < 1.29 is 13.2 Å². The number of nitrogens with one attached hydrogen (secondary N) is 1. The highest BCUT2D eigenvalue weighted by atomic mass is 35.5. The summed E-state index contributed by atoms with van der Waals surface area (Å²) in [5, 5.41) is 0.650. The summed E-state index contributed by atoms with van der Waals surface area (Å²) >= 11 is 12.3. The van der Waals surface area contributed by atoms with E-state index in [1.807, 2.05) is 0 Å². The monoisotopic (exact) mass is 368 g/mol. The predicted molar refractivity (Wildman–Crippen MR) is 88.5 cm³/mol. The van der Waals surface area contributed by atoms with E-state index >= 15 is 0 Å². The molecule has 5 nitrogen and oxygen atoms in total. The Bertz CT molecular complexity index is 526. The van der Waals surface area contributed by atoms with Gasteiger partial charge in [-0.25, -0.2) is 13.1 Å². The van der Waals surface area contributed by atoms with E-state index in [-0.39, 0.29) is 28.6 Å². The van der Waals surface area contributed by atoms with E-state index in [2.05, 4.69) is 11.3 Å². The number of hydrogen-bond donors (Lipinski definition) is 1. The highest BCUT2D eigenvalue weighted by Crippen LogP contribution is 2.33. The summed E-state index contributed by atoms with van der Waals surface area (Å²) < 4.78 is 25.7. The fraction of sp³-hybridized carbons (Fsp3) is 0.786. The molecule has 0 radical (unpaired) electrons. The number of amides is 1. The molecule has 0 bridgehead atoms. The molecule has 4 atom stereocenters. The van der Waals surface area contributed by atoms with Gasteiger partial charge in [0, 0.05) is 35.8 Å². The molecule has 22 heavy (non-hydrogen) atoms. The molecule has 2 rings (SSSR count). The third kappa shape index (κ3) is 4.60. The Kier molecular flexibility index (Phi) is 6.16. The number of carbonyl (C=O) groups excluding carboxylic acids is 1. The van der Waals surface area contributed by atoms with Gasteiger partial charge in [-0.15, -0.1) is 23.2 Å². The lowest BCUT2D eigenvalue weighted by molar-refractivity contribution is -0.137. The number of nitrogens with zero attached hydrogens (tertiary/aromatic N) is 1. The fourth-order valence-corrected chi connectivity index (χ4v) is 4.44. The van der Waals surface area contributed by atoms with Crippen LogP contribution in [-0.2, 0) is 14.8 Å². The molecule has 1 aliphatic heterocycles. The number of rotatable bonds is 4. The van der Waals surface area contributed by atoms with Crippen molar-refractivity contribution in [3.63, 3.8) is 0 Å². The van der Waals surface area contributed by atoms with Crippen LogP contribution in [0.3, 0.4) is 0 Å². The maximum atomic E-state index is 12.6. The smallest absolute Gasteiger partial charge is 0.233 e. The predicted octanol–water partition coefficient (Wildman–Crippen LogP) is 2.06. The first-order chi connectivity index (χ1) is 10.3. The van der Waals surface area contributed by atoms with Crippen molar-refractivity contribution in [2.75, 3.05) is 13.1 Å². The van der Waals surface area contributed by atoms with Crippen molar-refractivity contribution >= 4 is 39.1 Å². The van der Waals surface area contributed by atoms with Crippen molar-refractivity contribution in [3.8, 4) is 0 Å². The summed E-state index contributed by atoms with van der Waals surface area (Å²) in [6, 6.07) is -0.253. The van der Waals surface area contributed by atoms with Crippen LogP contribution < -0.4 is 4.72 Å². The van der Waals surface area contributed by atoms with E-state index in [0.717, 1.165) is 31.1 Å². The zero-order valence-electron chi connectivity index (χ0n) is 12.4. The number of likely N-dealkylation sites (tertiary alicyclic amines) is 1. The highest BCUT2D eigenvalue weighted by Gasteiger charge is 2.35. The Labute approximate surface area is 142 Å². The summed E-state index contributed by atoms with van der Waals surface area (Å²) in [6.07, 6.45) is 3.59. The molecule has 0 aromatic carbocycles. The van der Waals surface area contributed by atoms with Gasteiger partial charge in [0.25, 0.3) is 0 Å². The SMILES string of the molecule is C=CS(=O)(=O)N[C@H]1CCCN(C(=O)C2CCC(Cl)C(Cl)C2)C1. The maximum Gasteiger partial charge on any atom is 0.233 e. The van der Waals surface area contributed by atoms with Gasteiger partial charge in [0.15, 0.2) is 0 Å². The minimum atomic E-state index is -3.47. The first-order valence-corrected chi connectivity index (χ1v) is 9.96. The van der Waals surface area contributed by atoms with Crippen LogP contribution in [0.25, 0.3) is 0 Å². The van der Waals surface area contributed by atoms with Crippen molar-refractivity contribution in [2.24, 2.45) is 5.92 Å². The standard InChI is InChI=1S/C14H22Cl2N2O3S/c1-2-22(20,21)17-11-4-3-7-18(9-11)14(19)10-5-6-12(15)13(16)8-10/h2,10-13,17H,1,3-9H2/t10?,11-,12?,13?/m0/s1. The van der Waals surface area contributed by atoms with Gasteiger partial charge in [-0.2, -0.15) is 0 Å². The normalized spacial score (nSPS) is 33.5. The second kappa shape index (κ2) is 7.51. The molecule has 1 heterocycles.